The molecule has 0 aliphatic heterocycles. The summed E-state index contributed by atoms with van der Waals surface area (Å²) in [5, 5.41) is 2.80. The molecule has 7 nitrogen and oxygen atoms in total. The highest BCUT2D eigenvalue weighted by Crippen LogP contribution is 2.38. The summed E-state index contributed by atoms with van der Waals surface area (Å²) in [5.41, 5.74) is 5.06. The van der Waals surface area contributed by atoms with Crippen LogP contribution in [0.1, 0.15) is 46.5 Å². The van der Waals surface area contributed by atoms with Crippen LogP contribution in [0, 0.1) is 5.41 Å². The normalized spacial score (nSPS) is 15.9. The Bertz CT molecular complexity index is 604. The molecule has 1 aliphatic carbocycles. The average Bonchev–Trinajstić information content (AvgIpc) is 3.02. The number of amides is 3. The third kappa shape index (κ3) is 3.67. The summed E-state index contributed by atoms with van der Waals surface area (Å²) < 4.78 is 0. The van der Waals surface area contributed by atoms with Crippen LogP contribution in [0.15, 0.2) is 18.3 Å². The zero-order valence-electron chi connectivity index (χ0n) is 13.5. The van der Waals surface area contributed by atoms with E-state index in [9.17, 15) is 14.4 Å². The van der Waals surface area contributed by atoms with Gasteiger partial charge in [-0.2, -0.15) is 0 Å². The van der Waals surface area contributed by atoms with Gasteiger partial charge in [0.1, 0.15) is 5.69 Å². The first-order chi connectivity index (χ1) is 10.9. The number of nitrogens with zero attached hydrogens (tertiary/aromatic N) is 2. The van der Waals surface area contributed by atoms with Crippen LogP contribution in [0.5, 0.6) is 0 Å². The lowest BCUT2D eigenvalue weighted by Crippen LogP contribution is -2.46. The number of rotatable bonds is 5. The summed E-state index contributed by atoms with van der Waals surface area (Å²) in [6, 6.07) is 2.91. The average molecular weight is 318 g/mol. The predicted molar refractivity (Wildman–Crippen MR) is 84.7 cm³/mol. The second-order valence-electron chi connectivity index (χ2n) is 6.17. The highest BCUT2D eigenvalue weighted by Gasteiger charge is 2.42. The van der Waals surface area contributed by atoms with Crippen molar-refractivity contribution in [3.05, 3.63) is 29.6 Å². The highest BCUT2D eigenvalue weighted by atomic mass is 16.2. The molecule has 0 bridgehead atoms. The fourth-order valence-corrected chi connectivity index (χ4v) is 3.01. The maximum Gasteiger partial charge on any atom is 0.269 e. The number of carbonyl (C=O) groups excluding carboxylic acids is 3. The minimum absolute atomic E-state index is 0.0485. The molecular formula is C16H22N4O3. The Morgan fingerprint density at radius 2 is 1.91 bits per heavy atom. The van der Waals surface area contributed by atoms with Gasteiger partial charge in [0.05, 0.1) is 11.0 Å². The molecule has 3 amide bonds. The minimum Gasteiger partial charge on any atom is -0.366 e. The van der Waals surface area contributed by atoms with Crippen molar-refractivity contribution in [3.63, 3.8) is 0 Å². The highest BCUT2D eigenvalue weighted by molar-refractivity contribution is 5.95. The molecule has 3 N–H and O–H groups in total. The van der Waals surface area contributed by atoms with E-state index in [1.807, 2.05) is 0 Å². The van der Waals surface area contributed by atoms with Crippen LogP contribution in [0.2, 0.25) is 0 Å². The Hall–Kier alpha value is -2.44. The summed E-state index contributed by atoms with van der Waals surface area (Å²) >= 11 is 0. The van der Waals surface area contributed by atoms with E-state index >= 15 is 0 Å². The second-order valence-corrected chi connectivity index (χ2v) is 6.17. The quantitative estimate of drug-likeness (QED) is 0.827. The van der Waals surface area contributed by atoms with Gasteiger partial charge in [-0.3, -0.25) is 19.4 Å². The number of nitrogens with one attached hydrogen (secondary N) is 1. The summed E-state index contributed by atoms with van der Waals surface area (Å²) in [6.07, 6.45) is 4.80. The molecule has 0 spiro atoms. The lowest BCUT2D eigenvalue weighted by molar-refractivity contribution is -0.138. The SMILES string of the molecule is CN(C)C(=O)C1(CNC(=O)c2ccc(C(N)=O)cn2)CCCC1. The lowest BCUT2D eigenvalue weighted by atomic mass is 9.84. The van der Waals surface area contributed by atoms with Gasteiger partial charge in [0, 0.05) is 26.8 Å². The van der Waals surface area contributed by atoms with E-state index in [0.29, 0.717) is 6.54 Å². The summed E-state index contributed by atoms with van der Waals surface area (Å²) in [6.45, 7) is 0.294. The number of primary amides is 1. The van der Waals surface area contributed by atoms with Crippen molar-refractivity contribution in [2.45, 2.75) is 25.7 Å². The van der Waals surface area contributed by atoms with Crippen molar-refractivity contribution >= 4 is 17.7 Å². The first-order valence-corrected chi connectivity index (χ1v) is 7.61. The van der Waals surface area contributed by atoms with E-state index in [-0.39, 0.29) is 23.1 Å². The summed E-state index contributed by atoms with van der Waals surface area (Å²) in [7, 11) is 3.46. The molecule has 1 saturated carbocycles. The molecule has 1 aromatic rings. The van der Waals surface area contributed by atoms with E-state index < -0.39 is 11.3 Å². The largest absolute Gasteiger partial charge is 0.366 e. The van der Waals surface area contributed by atoms with Crippen LogP contribution in [-0.4, -0.2) is 48.2 Å². The lowest BCUT2D eigenvalue weighted by Gasteiger charge is -2.30. The topological polar surface area (TPSA) is 105 Å². The molecular weight excluding hydrogens is 296 g/mol. The van der Waals surface area contributed by atoms with Crippen molar-refractivity contribution in [1.29, 1.82) is 0 Å². The van der Waals surface area contributed by atoms with Crippen molar-refractivity contribution < 1.29 is 14.4 Å². The first kappa shape index (κ1) is 16.9. The minimum atomic E-state index is -0.592. The van der Waals surface area contributed by atoms with E-state index in [1.165, 1.54) is 18.3 Å². The van der Waals surface area contributed by atoms with Crippen molar-refractivity contribution in [3.8, 4) is 0 Å². The van der Waals surface area contributed by atoms with Crippen LogP contribution in [0.25, 0.3) is 0 Å². The fourth-order valence-electron chi connectivity index (χ4n) is 3.01. The Kier molecular flexibility index (Phi) is 4.98. The number of hydrogen-bond acceptors (Lipinski definition) is 4. The second kappa shape index (κ2) is 6.76. The van der Waals surface area contributed by atoms with Gasteiger partial charge in [0.15, 0.2) is 0 Å². The third-order valence-electron chi connectivity index (χ3n) is 4.29. The van der Waals surface area contributed by atoms with Gasteiger partial charge in [-0.25, -0.2) is 0 Å². The Morgan fingerprint density at radius 1 is 1.26 bits per heavy atom. The Labute approximate surface area is 135 Å². The molecule has 0 atom stereocenters. The van der Waals surface area contributed by atoms with Crippen molar-refractivity contribution in [1.82, 2.24) is 15.2 Å². The number of carbonyl (C=O) groups is 3. The zero-order chi connectivity index (χ0) is 17.0. The van der Waals surface area contributed by atoms with Gasteiger partial charge in [0.2, 0.25) is 11.8 Å². The van der Waals surface area contributed by atoms with Crippen LogP contribution in [0.4, 0.5) is 0 Å². The van der Waals surface area contributed by atoms with E-state index in [0.717, 1.165) is 25.7 Å². The monoisotopic (exact) mass is 318 g/mol. The summed E-state index contributed by atoms with van der Waals surface area (Å²) in [4.78, 5) is 41.2. The smallest absolute Gasteiger partial charge is 0.269 e. The van der Waals surface area contributed by atoms with Crippen LogP contribution in [0.3, 0.4) is 0 Å². The van der Waals surface area contributed by atoms with Gasteiger partial charge in [0.25, 0.3) is 5.91 Å². The van der Waals surface area contributed by atoms with E-state index in [2.05, 4.69) is 10.3 Å². The van der Waals surface area contributed by atoms with Gasteiger partial charge in [-0.1, -0.05) is 12.8 Å². The third-order valence-corrected chi connectivity index (χ3v) is 4.29. The maximum atomic E-state index is 12.4. The number of hydrogen-bond donors (Lipinski definition) is 2. The maximum absolute atomic E-state index is 12.4. The number of aromatic nitrogens is 1. The molecule has 0 radical (unpaired) electrons. The molecule has 7 heteroatoms. The molecule has 1 heterocycles. The zero-order valence-corrected chi connectivity index (χ0v) is 13.5. The number of nitrogens with two attached hydrogens (primary N) is 1. The van der Waals surface area contributed by atoms with E-state index in [1.54, 1.807) is 19.0 Å². The Balaban J connectivity index is 2.04. The molecule has 0 saturated heterocycles. The van der Waals surface area contributed by atoms with Crippen LogP contribution < -0.4 is 11.1 Å². The molecule has 2 rings (SSSR count). The standard InChI is InChI=1S/C16H22N4O3/c1-20(2)15(23)16(7-3-4-8-16)10-19-14(22)12-6-5-11(9-18-12)13(17)21/h5-6,9H,3-4,7-8,10H2,1-2H3,(H2,17,21)(H,19,22). The molecule has 1 fully saturated rings. The molecule has 23 heavy (non-hydrogen) atoms. The van der Waals surface area contributed by atoms with Gasteiger partial charge < -0.3 is 16.0 Å². The van der Waals surface area contributed by atoms with Gasteiger partial charge in [-0.05, 0) is 25.0 Å². The molecule has 0 aromatic carbocycles. The number of pyridine rings is 1. The van der Waals surface area contributed by atoms with E-state index in [4.69, 9.17) is 5.73 Å². The molecule has 1 aromatic heterocycles. The molecule has 0 unspecified atom stereocenters. The molecule has 124 valence electrons. The van der Waals surface area contributed by atoms with Gasteiger partial charge >= 0.3 is 0 Å². The van der Waals surface area contributed by atoms with Crippen molar-refractivity contribution in [2.24, 2.45) is 11.1 Å². The van der Waals surface area contributed by atoms with Crippen LogP contribution in [-0.2, 0) is 4.79 Å². The first-order valence-electron chi connectivity index (χ1n) is 7.61. The predicted octanol–water partition coefficient (Wildman–Crippen LogP) is 0.559. The van der Waals surface area contributed by atoms with Gasteiger partial charge in [-0.15, -0.1) is 0 Å². The Morgan fingerprint density at radius 3 is 2.39 bits per heavy atom. The van der Waals surface area contributed by atoms with Crippen molar-refractivity contribution in [2.75, 3.05) is 20.6 Å². The van der Waals surface area contributed by atoms with Crippen LogP contribution >= 0.6 is 0 Å². The molecule has 1 aliphatic rings. The summed E-state index contributed by atoms with van der Waals surface area (Å²) in [5.74, 6) is -0.905. The fraction of sp³-hybridized carbons (Fsp3) is 0.500.